The van der Waals surface area contributed by atoms with Crippen molar-refractivity contribution in [2.24, 2.45) is 5.14 Å². The van der Waals surface area contributed by atoms with Gasteiger partial charge in [0.2, 0.25) is 15.9 Å². The van der Waals surface area contributed by atoms with Crippen molar-refractivity contribution < 1.29 is 13.2 Å². The van der Waals surface area contributed by atoms with Crippen LogP contribution in [0.5, 0.6) is 0 Å². The van der Waals surface area contributed by atoms with Gasteiger partial charge in [0, 0.05) is 11.3 Å². The summed E-state index contributed by atoms with van der Waals surface area (Å²) in [6.45, 7) is 3.99. The first-order valence-electron chi connectivity index (χ1n) is 8.64. The summed E-state index contributed by atoms with van der Waals surface area (Å²) in [6.07, 6.45) is 0.894. The van der Waals surface area contributed by atoms with Crippen LogP contribution in [-0.4, -0.2) is 19.3 Å². The van der Waals surface area contributed by atoms with Crippen LogP contribution in [0.1, 0.15) is 27.3 Å². The predicted molar refractivity (Wildman–Crippen MR) is 111 cm³/mol. The molecule has 8 heteroatoms. The molecule has 3 N–H and O–H groups in total. The third kappa shape index (κ3) is 5.25. The minimum atomic E-state index is -3.74. The number of sulfonamides is 1. The number of carbonyl (C=O) groups excluding carboxylic acids is 1. The molecular weight excluding hydrogens is 394 g/mol. The summed E-state index contributed by atoms with van der Waals surface area (Å²) < 4.78 is 22.6. The van der Waals surface area contributed by atoms with Crippen LogP contribution >= 0.6 is 11.3 Å². The number of hydrogen-bond acceptors (Lipinski definition) is 5. The Balaban J connectivity index is 1.63. The fourth-order valence-corrected chi connectivity index (χ4v) is 4.21. The molecule has 0 fully saturated rings. The van der Waals surface area contributed by atoms with Gasteiger partial charge in [0.1, 0.15) is 0 Å². The van der Waals surface area contributed by atoms with Crippen molar-refractivity contribution in [2.45, 2.75) is 31.6 Å². The van der Waals surface area contributed by atoms with Gasteiger partial charge < -0.3 is 5.32 Å². The number of rotatable bonds is 6. The molecule has 0 aliphatic rings. The zero-order valence-electron chi connectivity index (χ0n) is 15.6. The first-order valence-corrected chi connectivity index (χ1v) is 11.0. The zero-order valence-corrected chi connectivity index (χ0v) is 17.2. The lowest BCUT2D eigenvalue weighted by Gasteiger charge is -2.03. The molecule has 0 aliphatic carbocycles. The summed E-state index contributed by atoms with van der Waals surface area (Å²) in [5.41, 5.74) is 4.01. The van der Waals surface area contributed by atoms with E-state index in [9.17, 15) is 13.2 Å². The molecule has 146 valence electrons. The number of anilines is 1. The number of aryl methyl sites for hydroxylation is 2. The highest BCUT2D eigenvalue weighted by atomic mass is 32.2. The standard InChI is InChI=1S/C20H21N3O3S2/c1-13-3-5-15(6-4-13)11-18-14(2)22-20(27-18)23-19(24)12-16-7-9-17(10-8-16)28(21,25)26/h3-10H,11-12H2,1-2H3,(H2,21,25,26)(H,22,23,24). The fourth-order valence-electron chi connectivity index (χ4n) is 2.68. The topological polar surface area (TPSA) is 102 Å². The van der Waals surface area contributed by atoms with Gasteiger partial charge in [-0.25, -0.2) is 18.5 Å². The second-order valence-electron chi connectivity index (χ2n) is 6.60. The highest BCUT2D eigenvalue weighted by molar-refractivity contribution is 7.89. The van der Waals surface area contributed by atoms with Crippen LogP contribution in [0.2, 0.25) is 0 Å². The maximum Gasteiger partial charge on any atom is 0.238 e. The molecule has 0 unspecified atom stereocenters. The lowest BCUT2D eigenvalue weighted by atomic mass is 10.1. The molecule has 0 aliphatic heterocycles. The average Bonchev–Trinajstić information content (AvgIpc) is 2.95. The quantitative estimate of drug-likeness (QED) is 0.645. The maximum atomic E-state index is 12.3. The number of primary sulfonamides is 1. The van der Waals surface area contributed by atoms with Crippen LogP contribution < -0.4 is 10.5 Å². The van der Waals surface area contributed by atoms with Gasteiger partial charge in [-0.05, 0) is 37.1 Å². The van der Waals surface area contributed by atoms with Crippen LogP contribution in [0, 0.1) is 13.8 Å². The van der Waals surface area contributed by atoms with E-state index in [0.717, 1.165) is 17.0 Å². The third-order valence-corrected chi connectivity index (χ3v) is 6.24. The Bertz CT molecular complexity index is 1090. The van der Waals surface area contributed by atoms with Crippen LogP contribution in [0.15, 0.2) is 53.4 Å². The van der Waals surface area contributed by atoms with Crippen LogP contribution in [0.3, 0.4) is 0 Å². The van der Waals surface area contributed by atoms with E-state index < -0.39 is 10.0 Å². The molecular formula is C20H21N3O3S2. The van der Waals surface area contributed by atoms with E-state index >= 15 is 0 Å². The van der Waals surface area contributed by atoms with Gasteiger partial charge in [0.25, 0.3) is 0 Å². The normalized spacial score (nSPS) is 11.4. The molecule has 0 bridgehead atoms. The SMILES string of the molecule is Cc1ccc(Cc2sc(NC(=O)Cc3ccc(S(N)(=O)=O)cc3)nc2C)cc1. The number of nitrogens with one attached hydrogen (secondary N) is 1. The smallest absolute Gasteiger partial charge is 0.238 e. The Labute approximate surface area is 168 Å². The summed E-state index contributed by atoms with van der Waals surface area (Å²) >= 11 is 1.46. The van der Waals surface area contributed by atoms with Crippen molar-refractivity contribution in [3.05, 3.63) is 75.8 Å². The number of hydrogen-bond donors (Lipinski definition) is 2. The Kier molecular flexibility index (Phi) is 5.93. The molecule has 6 nitrogen and oxygen atoms in total. The van der Waals surface area contributed by atoms with E-state index in [4.69, 9.17) is 5.14 Å². The van der Waals surface area contributed by atoms with Crippen LogP contribution in [0.25, 0.3) is 0 Å². The Morgan fingerprint density at radius 3 is 2.25 bits per heavy atom. The molecule has 1 aromatic heterocycles. The molecule has 3 rings (SSSR count). The second kappa shape index (κ2) is 8.22. The summed E-state index contributed by atoms with van der Waals surface area (Å²) in [5.74, 6) is -0.209. The Morgan fingerprint density at radius 1 is 1.04 bits per heavy atom. The number of thiazole rings is 1. The van der Waals surface area contributed by atoms with E-state index in [-0.39, 0.29) is 17.2 Å². The highest BCUT2D eigenvalue weighted by Gasteiger charge is 2.12. The molecule has 0 saturated heterocycles. The molecule has 2 aromatic carbocycles. The minimum Gasteiger partial charge on any atom is -0.302 e. The molecule has 0 radical (unpaired) electrons. The average molecular weight is 416 g/mol. The second-order valence-corrected chi connectivity index (χ2v) is 9.25. The number of aromatic nitrogens is 1. The Morgan fingerprint density at radius 2 is 1.64 bits per heavy atom. The molecule has 28 heavy (non-hydrogen) atoms. The lowest BCUT2D eigenvalue weighted by molar-refractivity contribution is -0.115. The van der Waals surface area contributed by atoms with Crippen molar-refractivity contribution in [1.29, 1.82) is 0 Å². The molecule has 1 amide bonds. The van der Waals surface area contributed by atoms with E-state index in [1.165, 1.54) is 34.6 Å². The van der Waals surface area contributed by atoms with Crippen molar-refractivity contribution in [2.75, 3.05) is 5.32 Å². The van der Waals surface area contributed by atoms with Crippen molar-refractivity contribution in [1.82, 2.24) is 4.98 Å². The number of nitrogens with two attached hydrogens (primary N) is 1. The number of carbonyl (C=O) groups is 1. The molecule has 1 heterocycles. The minimum absolute atomic E-state index is 0.0213. The van der Waals surface area contributed by atoms with Gasteiger partial charge >= 0.3 is 0 Å². The monoisotopic (exact) mass is 415 g/mol. The summed E-state index contributed by atoms with van der Waals surface area (Å²) in [5, 5.41) is 8.45. The summed E-state index contributed by atoms with van der Waals surface area (Å²) in [6, 6.07) is 14.3. The largest absolute Gasteiger partial charge is 0.302 e. The van der Waals surface area contributed by atoms with Crippen molar-refractivity contribution >= 4 is 32.4 Å². The van der Waals surface area contributed by atoms with E-state index in [1.54, 1.807) is 12.1 Å². The first kappa shape index (κ1) is 20.2. The number of benzene rings is 2. The number of nitrogens with zero attached hydrogens (tertiary/aromatic N) is 1. The fraction of sp³-hybridized carbons (Fsp3) is 0.200. The van der Waals surface area contributed by atoms with Gasteiger partial charge in [-0.2, -0.15) is 0 Å². The highest BCUT2D eigenvalue weighted by Crippen LogP contribution is 2.25. The van der Waals surface area contributed by atoms with Gasteiger partial charge in [0.15, 0.2) is 5.13 Å². The molecule has 3 aromatic rings. The molecule has 0 spiro atoms. The van der Waals surface area contributed by atoms with Gasteiger partial charge in [0.05, 0.1) is 17.0 Å². The first-order chi connectivity index (χ1) is 13.2. The summed E-state index contributed by atoms with van der Waals surface area (Å²) in [7, 11) is -3.74. The van der Waals surface area contributed by atoms with Crippen LogP contribution in [0.4, 0.5) is 5.13 Å². The van der Waals surface area contributed by atoms with Crippen molar-refractivity contribution in [3.63, 3.8) is 0 Å². The maximum absolute atomic E-state index is 12.3. The predicted octanol–water partition coefficient (Wildman–Crippen LogP) is 3.18. The van der Waals surface area contributed by atoms with Crippen LogP contribution in [-0.2, 0) is 27.7 Å². The summed E-state index contributed by atoms with van der Waals surface area (Å²) in [4.78, 5) is 17.9. The van der Waals surface area contributed by atoms with Crippen molar-refractivity contribution in [3.8, 4) is 0 Å². The third-order valence-electron chi connectivity index (χ3n) is 4.24. The zero-order chi connectivity index (χ0) is 20.3. The van der Waals surface area contributed by atoms with E-state index in [2.05, 4.69) is 41.5 Å². The van der Waals surface area contributed by atoms with Gasteiger partial charge in [-0.15, -0.1) is 11.3 Å². The molecule has 0 saturated carbocycles. The molecule has 0 atom stereocenters. The van der Waals surface area contributed by atoms with Gasteiger partial charge in [-0.3, -0.25) is 4.79 Å². The lowest BCUT2D eigenvalue weighted by Crippen LogP contribution is -2.15. The van der Waals surface area contributed by atoms with E-state index in [1.807, 2.05) is 6.92 Å². The van der Waals surface area contributed by atoms with E-state index in [0.29, 0.717) is 10.7 Å². The number of amides is 1. The van der Waals surface area contributed by atoms with Gasteiger partial charge in [-0.1, -0.05) is 42.0 Å². The Hall–Kier alpha value is -2.55.